The van der Waals surface area contributed by atoms with Crippen molar-refractivity contribution in [1.82, 2.24) is 5.43 Å². The summed E-state index contributed by atoms with van der Waals surface area (Å²) in [5.41, 5.74) is 12.7. The number of carbonyl (C=O) groups is 1. The molecule has 0 heterocycles. The van der Waals surface area contributed by atoms with Crippen molar-refractivity contribution in [1.29, 1.82) is 0 Å². The molecule has 1 rings (SSSR count). The summed E-state index contributed by atoms with van der Waals surface area (Å²) in [6.45, 7) is 5.47. The third-order valence-electron chi connectivity index (χ3n) is 2.58. The van der Waals surface area contributed by atoms with Crippen LogP contribution in [0.1, 0.15) is 19.4 Å². The Labute approximate surface area is 134 Å². The van der Waals surface area contributed by atoms with Crippen molar-refractivity contribution in [2.45, 2.75) is 20.8 Å². The maximum Gasteiger partial charge on any atom is 0.360 e. The van der Waals surface area contributed by atoms with Crippen LogP contribution in [-0.2, 0) is 9.53 Å². The number of nitrogens with two attached hydrogens (primary N) is 1. The molecule has 7 nitrogen and oxygen atoms in total. The predicted octanol–water partition coefficient (Wildman–Crippen LogP) is 1.54. The average Bonchev–Trinajstić information content (AvgIpc) is 2.47. The Bertz CT molecular complexity index is 613. The Morgan fingerprint density at radius 3 is 2.64 bits per heavy atom. The van der Waals surface area contributed by atoms with Crippen molar-refractivity contribution in [3.8, 4) is 0 Å². The quantitative estimate of drug-likeness (QED) is 0.318. The van der Waals surface area contributed by atoms with Gasteiger partial charge in [0.15, 0.2) is 10.8 Å². The maximum absolute atomic E-state index is 12.0. The van der Waals surface area contributed by atoms with Crippen LogP contribution in [0.15, 0.2) is 34.5 Å². The molecule has 0 spiro atoms. The third-order valence-corrected chi connectivity index (χ3v) is 2.67. The average molecular weight is 321 g/mol. The van der Waals surface area contributed by atoms with E-state index in [9.17, 15) is 4.79 Å². The largest absolute Gasteiger partial charge is 0.461 e. The highest BCUT2D eigenvalue weighted by Gasteiger charge is 2.17. The number of nitrogens with zero attached hydrogens (tertiary/aromatic N) is 2. The molecule has 0 saturated carbocycles. The summed E-state index contributed by atoms with van der Waals surface area (Å²) in [7, 11) is 0. The zero-order valence-corrected chi connectivity index (χ0v) is 13.5. The number of ether oxygens (including phenoxy) is 1. The molecule has 0 saturated heterocycles. The molecule has 1 aromatic carbocycles. The van der Waals surface area contributed by atoms with E-state index < -0.39 is 5.97 Å². The standard InChI is InChI=1S/C14H19N5O2S/c1-4-21-13(20)12(10(3)16-19-14(15)22)18-17-11-8-6-5-7-9(11)2/h5-8,17H,4H2,1-3H3,(H3,15,19,22)/b16-10-,18-12-. The number of hydrogen-bond donors (Lipinski definition) is 3. The summed E-state index contributed by atoms with van der Waals surface area (Å²) in [4.78, 5) is 12.0. The molecule has 0 atom stereocenters. The van der Waals surface area contributed by atoms with Gasteiger partial charge < -0.3 is 10.5 Å². The third kappa shape index (κ3) is 5.49. The topological polar surface area (TPSA) is 101 Å². The van der Waals surface area contributed by atoms with E-state index in [-0.39, 0.29) is 17.4 Å². The minimum Gasteiger partial charge on any atom is -0.461 e. The number of hydrogen-bond acceptors (Lipinski definition) is 6. The van der Waals surface area contributed by atoms with Crippen LogP contribution in [0.2, 0.25) is 0 Å². The van der Waals surface area contributed by atoms with Gasteiger partial charge >= 0.3 is 5.97 Å². The molecule has 0 radical (unpaired) electrons. The number of esters is 1. The number of aryl methyl sites for hydroxylation is 1. The molecule has 0 aromatic heterocycles. The Hall–Kier alpha value is -2.48. The summed E-state index contributed by atoms with van der Waals surface area (Å²) >= 11 is 4.66. The summed E-state index contributed by atoms with van der Waals surface area (Å²) in [5, 5.41) is 7.97. The SMILES string of the molecule is CCOC(=O)C(=N\Nc1ccccc1C)/C(C)=N\NC(N)=S. The van der Waals surface area contributed by atoms with Crippen LogP contribution in [0.4, 0.5) is 5.69 Å². The highest BCUT2D eigenvalue weighted by Crippen LogP contribution is 2.13. The second-order valence-corrected chi connectivity index (χ2v) is 4.72. The smallest absolute Gasteiger partial charge is 0.360 e. The summed E-state index contributed by atoms with van der Waals surface area (Å²) in [6.07, 6.45) is 0. The normalized spacial score (nSPS) is 11.8. The van der Waals surface area contributed by atoms with Crippen LogP contribution in [0.25, 0.3) is 0 Å². The minimum atomic E-state index is -0.588. The Balaban J connectivity index is 3.01. The molecule has 0 fully saturated rings. The molecule has 1 aromatic rings. The zero-order chi connectivity index (χ0) is 16.5. The van der Waals surface area contributed by atoms with Gasteiger partial charge in [-0.15, -0.1) is 0 Å². The molecule has 118 valence electrons. The van der Waals surface area contributed by atoms with Crippen molar-refractivity contribution in [2.24, 2.45) is 15.9 Å². The van der Waals surface area contributed by atoms with Gasteiger partial charge in [0.2, 0.25) is 0 Å². The Kier molecular flexibility index (Phi) is 6.97. The van der Waals surface area contributed by atoms with Crippen molar-refractivity contribution < 1.29 is 9.53 Å². The molecule has 0 amide bonds. The first-order chi connectivity index (χ1) is 10.5. The van der Waals surface area contributed by atoms with Crippen molar-refractivity contribution in [3.05, 3.63) is 29.8 Å². The molecular formula is C14H19N5O2S. The molecule has 8 heteroatoms. The van der Waals surface area contributed by atoms with Gasteiger partial charge in [-0.2, -0.15) is 10.2 Å². The number of hydrazone groups is 2. The molecule has 0 unspecified atom stereocenters. The molecule has 0 aliphatic carbocycles. The highest BCUT2D eigenvalue weighted by molar-refractivity contribution is 7.80. The van der Waals surface area contributed by atoms with Crippen LogP contribution in [0.3, 0.4) is 0 Å². The lowest BCUT2D eigenvalue weighted by Crippen LogP contribution is -2.30. The summed E-state index contributed by atoms with van der Waals surface area (Å²) < 4.78 is 4.97. The van der Waals surface area contributed by atoms with E-state index in [1.165, 1.54) is 0 Å². The van der Waals surface area contributed by atoms with E-state index in [1.807, 2.05) is 31.2 Å². The van der Waals surface area contributed by atoms with Gasteiger partial charge in [-0.05, 0) is 44.6 Å². The van der Waals surface area contributed by atoms with Gasteiger partial charge in [0.05, 0.1) is 18.0 Å². The van der Waals surface area contributed by atoms with Gasteiger partial charge in [0.1, 0.15) is 0 Å². The fourth-order valence-electron chi connectivity index (χ4n) is 1.48. The van der Waals surface area contributed by atoms with E-state index in [0.717, 1.165) is 11.3 Å². The van der Waals surface area contributed by atoms with E-state index >= 15 is 0 Å². The number of anilines is 1. The summed E-state index contributed by atoms with van der Waals surface area (Å²) in [6, 6.07) is 7.55. The monoisotopic (exact) mass is 321 g/mol. The first-order valence-electron chi connectivity index (χ1n) is 6.62. The van der Waals surface area contributed by atoms with Crippen molar-refractivity contribution >= 4 is 40.4 Å². The second kappa shape index (κ2) is 8.73. The molecule has 0 aliphatic rings. The van der Waals surface area contributed by atoms with Gasteiger partial charge in [-0.1, -0.05) is 18.2 Å². The van der Waals surface area contributed by atoms with Crippen molar-refractivity contribution in [2.75, 3.05) is 12.0 Å². The first kappa shape index (κ1) is 17.6. The number of para-hydroxylation sites is 1. The molecule has 0 aliphatic heterocycles. The van der Waals surface area contributed by atoms with Crippen LogP contribution in [0, 0.1) is 6.92 Å². The Morgan fingerprint density at radius 2 is 2.05 bits per heavy atom. The minimum absolute atomic E-state index is 0.00516. The van der Waals surface area contributed by atoms with E-state index in [0.29, 0.717) is 5.71 Å². The number of nitrogens with one attached hydrogen (secondary N) is 2. The van der Waals surface area contributed by atoms with Crippen LogP contribution >= 0.6 is 12.2 Å². The lowest BCUT2D eigenvalue weighted by atomic mass is 10.2. The number of thiocarbonyl (C=S) groups is 1. The molecule has 0 bridgehead atoms. The lowest BCUT2D eigenvalue weighted by molar-refractivity contribution is -0.134. The first-order valence-corrected chi connectivity index (χ1v) is 7.03. The molecular weight excluding hydrogens is 302 g/mol. The van der Waals surface area contributed by atoms with Crippen LogP contribution < -0.4 is 16.6 Å². The fraction of sp³-hybridized carbons (Fsp3) is 0.286. The van der Waals surface area contributed by atoms with Gasteiger partial charge in [-0.3, -0.25) is 10.9 Å². The van der Waals surface area contributed by atoms with Crippen LogP contribution in [0.5, 0.6) is 0 Å². The maximum atomic E-state index is 12.0. The lowest BCUT2D eigenvalue weighted by Gasteiger charge is -2.08. The Morgan fingerprint density at radius 1 is 1.36 bits per heavy atom. The predicted molar refractivity (Wildman–Crippen MR) is 91.9 cm³/mol. The number of benzene rings is 1. The van der Waals surface area contributed by atoms with Crippen LogP contribution in [-0.4, -0.2) is 29.1 Å². The van der Waals surface area contributed by atoms with E-state index in [4.69, 9.17) is 10.5 Å². The van der Waals surface area contributed by atoms with Gasteiger partial charge in [-0.25, -0.2) is 4.79 Å². The summed E-state index contributed by atoms with van der Waals surface area (Å²) in [5.74, 6) is -0.588. The number of rotatable bonds is 6. The number of carbonyl (C=O) groups excluding carboxylic acids is 1. The van der Waals surface area contributed by atoms with Crippen molar-refractivity contribution in [3.63, 3.8) is 0 Å². The molecule has 22 heavy (non-hydrogen) atoms. The van der Waals surface area contributed by atoms with Gasteiger partial charge in [0, 0.05) is 0 Å². The van der Waals surface area contributed by atoms with E-state index in [2.05, 4.69) is 33.3 Å². The second-order valence-electron chi connectivity index (χ2n) is 4.28. The molecule has 4 N–H and O–H groups in total. The highest BCUT2D eigenvalue weighted by atomic mass is 32.1. The van der Waals surface area contributed by atoms with Gasteiger partial charge in [0.25, 0.3) is 0 Å². The fourth-order valence-corrected chi connectivity index (χ4v) is 1.53. The van der Waals surface area contributed by atoms with E-state index in [1.54, 1.807) is 13.8 Å². The zero-order valence-electron chi connectivity index (χ0n) is 12.7.